The van der Waals surface area contributed by atoms with Crippen molar-refractivity contribution in [1.82, 2.24) is 5.32 Å². The standard InChI is InChI=1S/C12H21NOS/c1-8(2)11(7-14)13-10(4)12-6-5-9(3)15-12/h5-6,8,10-11,13-14H,7H2,1-4H3/t10?,11-/m1/s1. The van der Waals surface area contributed by atoms with Crippen LogP contribution in [-0.4, -0.2) is 17.8 Å². The second-order valence-electron chi connectivity index (χ2n) is 4.37. The van der Waals surface area contributed by atoms with E-state index in [1.165, 1.54) is 9.75 Å². The lowest BCUT2D eigenvalue weighted by Crippen LogP contribution is -2.38. The van der Waals surface area contributed by atoms with Gasteiger partial charge in [0.15, 0.2) is 0 Å². The van der Waals surface area contributed by atoms with Crippen LogP contribution in [-0.2, 0) is 0 Å². The molecule has 86 valence electrons. The summed E-state index contributed by atoms with van der Waals surface area (Å²) in [6.45, 7) is 8.72. The van der Waals surface area contributed by atoms with Crippen molar-refractivity contribution in [2.24, 2.45) is 5.92 Å². The van der Waals surface area contributed by atoms with Crippen LogP contribution in [0.2, 0.25) is 0 Å². The van der Waals surface area contributed by atoms with E-state index in [2.05, 4.69) is 45.1 Å². The Kier molecular flexibility index (Phi) is 4.77. The molecule has 0 radical (unpaired) electrons. The number of aryl methyl sites for hydroxylation is 1. The second kappa shape index (κ2) is 5.64. The SMILES string of the molecule is Cc1ccc(C(C)N[C@H](CO)C(C)C)s1. The average molecular weight is 227 g/mol. The number of aliphatic hydroxyl groups excluding tert-OH is 1. The number of nitrogens with one attached hydrogen (secondary N) is 1. The Morgan fingerprint density at radius 3 is 2.40 bits per heavy atom. The minimum absolute atomic E-state index is 0.183. The van der Waals surface area contributed by atoms with Crippen LogP contribution in [0.1, 0.15) is 36.6 Å². The Bertz CT molecular complexity index is 296. The first kappa shape index (κ1) is 12.7. The molecule has 0 spiro atoms. The Morgan fingerprint density at radius 1 is 1.33 bits per heavy atom. The smallest absolute Gasteiger partial charge is 0.0587 e. The number of hydrogen-bond donors (Lipinski definition) is 2. The molecular weight excluding hydrogens is 206 g/mol. The summed E-state index contributed by atoms with van der Waals surface area (Å²) in [5, 5.41) is 12.7. The molecule has 1 aromatic heterocycles. The van der Waals surface area contributed by atoms with Gasteiger partial charge in [-0.05, 0) is 31.9 Å². The Hall–Kier alpha value is -0.380. The zero-order valence-corrected chi connectivity index (χ0v) is 10.8. The molecule has 0 aliphatic rings. The summed E-state index contributed by atoms with van der Waals surface area (Å²) in [7, 11) is 0. The number of thiophene rings is 1. The minimum Gasteiger partial charge on any atom is -0.395 e. The summed E-state index contributed by atoms with van der Waals surface area (Å²) >= 11 is 1.82. The molecule has 2 N–H and O–H groups in total. The van der Waals surface area contributed by atoms with Crippen molar-refractivity contribution < 1.29 is 5.11 Å². The van der Waals surface area contributed by atoms with Crippen LogP contribution in [0, 0.1) is 12.8 Å². The summed E-state index contributed by atoms with van der Waals surface area (Å²) in [6, 6.07) is 4.80. The maximum atomic E-state index is 9.24. The third kappa shape index (κ3) is 3.59. The fourth-order valence-electron chi connectivity index (χ4n) is 1.55. The fourth-order valence-corrected chi connectivity index (χ4v) is 2.43. The van der Waals surface area contributed by atoms with Crippen LogP contribution in [0.15, 0.2) is 12.1 Å². The van der Waals surface area contributed by atoms with Gasteiger partial charge >= 0.3 is 0 Å². The lowest BCUT2D eigenvalue weighted by Gasteiger charge is -2.24. The van der Waals surface area contributed by atoms with Gasteiger partial charge in [-0.2, -0.15) is 0 Å². The first-order valence-corrected chi connectivity index (χ1v) is 6.29. The third-order valence-electron chi connectivity index (χ3n) is 2.65. The normalized spacial score (nSPS) is 15.6. The van der Waals surface area contributed by atoms with Crippen molar-refractivity contribution in [2.45, 2.75) is 39.8 Å². The molecule has 0 saturated heterocycles. The molecule has 0 aliphatic heterocycles. The van der Waals surface area contributed by atoms with Crippen molar-refractivity contribution in [1.29, 1.82) is 0 Å². The highest BCUT2D eigenvalue weighted by molar-refractivity contribution is 7.12. The third-order valence-corrected chi connectivity index (χ3v) is 3.84. The van der Waals surface area contributed by atoms with Crippen LogP contribution in [0.5, 0.6) is 0 Å². The molecular formula is C12H21NOS. The maximum Gasteiger partial charge on any atom is 0.0587 e. The highest BCUT2D eigenvalue weighted by Crippen LogP contribution is 2.23. The van der Waals surface area contributed by atoms with E-state index in [1.54, 1.807) is 0 Å². The number of aliphatic hydroxyl groups is 1. The molecule has 2 atom stereocenters. The van der Waals surface area contributed by atoms with Gasteiger partial charge in [-0.1, -0.05) is 13.8 Å². The quantitative estimate of drug-likeness (QED) is 0.810. The highest BCUT2D eigenvalue weighted by Gasteiger charge is 2.16. The molecule has 2 nitrogen and oxygen atoms in total. The predicted octanol–water partition coefficient (Wildman–Crippen LogP) is 2.72. The van der Waals surface area contributed by atoms with Gasteiger partial charge in [0.2, 0.25) is 0 Å². The molecule has 1 heterocycles. The zero-order valence-electron chi connectivity index (χ0n) is 9.95. The largest absolute Gasteiger partial charge is 0.395 e. The highest BCUT2D eigenvalue weighted by atomic mass is 32.1. The van der Waals surface area contributed by atoms with Crippen LogP contribution < -0.4 is 5.32 Å². The molecule has 1 unspecified atom stereocenters. The van der Waals surface area contributed by atoms with E-state index in [0.29, 0.717) is 12.0 Å². The van der Waals surface area contributed by atoms with Crippen molar-refractivity contribution in [3.8, 4) is 0 Å². The monoisotopic (exact) mass is 227 g/mol. The van der Waals surface area contributed by atoms with Gasteiger partial charge < -0.3 is 10.4 Å². The summed E-state index contributed by atoms with van der Waals surface area (Å²) in [5.74, 6) is 0.457. The van der Waals surface area contributed by atoms with E-state index in [9.17, 15) is 5.11 Å². The van der Waals surface area contributed by atoms with Crippen molar-refractivity contribution >= 4 is 11.3 Å². The van der Waals surface area contributed by atoms with Gasteiger partial charge in [0, 0.05) is 21.8 Å². The fraction of sp³-hybridized carbons (Fsp3) is 0.667. The molecule has 0 fully saturated rings. The molecule has 15 heavy (non-hydrogen) atoms. The van der Waals surface area contributed by atoms with Crippen LogP contribution in [0.25, 0.3) is 0 Å². The zero-order chi connectivity index (χ0) is 11.4. The Morgan fingerprint density at radius 2 is 2.00 bits per heavy atom. The van der Waals surface area contributed by atoms with Crippen molar-refractivity contribution in [3.63, 3.8) is 0 Å². The average Bonchev–Trinajstić information content (AvgIpc) is 2.60. The van der Waals surface area contributed by atoms with E-state index >= 15 is 0 Å². The van der Waals surface area contributed by atoms with Gasteiger partial charge in [0.25, 0.3) is 0 Å². The predicted molar refractivity (Wildman–Crippen MR) is 66.3 cm³/mol. The second-order valence-corrected chi connectivity index (χ2v) is 5.69. The maximum absolute atomic E-state index is 9.24. The van der Waals surface area contributed by atoms with Crippen LogP contribution in [0.4, 0.5) is 0 Å². The molecule has 1 aromatic rings. The molecule has 0 aliphatic carbocycles. The first-order valence-electron chi connectivity index (χ1n) is 5.47. The Balaban J connectivity index is 2.58. The van der Waals surface area contributed by atoms with E-state index in [4.69, 9.17) is 0 Å². The van der Waals surface area contributed by atoms with Crippen LogP contribution in [0.3, 0.4) is 0 Å². The first-order chi connectivity index (χ1) is 7.04. The minimum atomic E-state index is 0.183. The van der Waals surface area contributed by atoms with Crippen molar-refractivity contribution in [2.75, 3.05) is 6.61 Å². The summed E-state index contributed by atoms with van der Waals surface area (Å²) < 4.78 is 0. The van der Waals surface area contributed by atoms with E-state index < -0.39 is 0 Å². The summed E-state index contributed by atoms with van der Waals surface area (Å²) in [5.41, 5.74) is 0. The van der Waals surface area contributed by atoms with E-state index in [1.807, 2.05) is 11.3 Å². The van der Waals surface area contributed by atoms with E-state index in [0.717, 1.165) is 0 Å². The summed E-state index contributed by atoms with van der Waals surface area (Å²) in [4.78, 5) is 2.68. The molecule has 1 rings (SSSR count). The van der Waals surface area contributed by atoms with Gasteiger partial charge in [-0.3, -0.25) is 0 Å². The Labute approximate surface area is 96.3 Å². The van der Waals surface area contributed by atoms with Gasteiger partial charge in [-0.25, -0.2) is 0 Å². The van der Waals surface area contributed by atoms with Gasteiger partial charge in [0.1, 0.15) is 0 Å². The summed E-state index contributed by atoms with van der Waals surface area (Å²) in [6.07, 6.45) is 0. The van der Waals surface area contributed by atoms with Gasteiger partial charge in [-0.15, -0.1) is 11.3 Å². The number of hydrogen-bond acceptors (Lipinski definition) is 3. The molecule has 3 heteroatoms. The lowest BCUT2D eigenvalue weighted by atomic mass is 10.0. The lowest BCUT2D eigenvalue weighted by molar-refractivity contribution is 0.202. The van der Waals surface area contributed by atoms with E-state index in [-0.39, 0.29) is 12.6 Å². The topological polar surface area (TPSA) is 32.3 Å². The van der Waals surface area contributed by atoms with Crippen LogP contribution >= 0.6 is 11.3 Å². The molecule has 0 amide bonds. The van der Waals surface area contributed by atoms with Gasteiger partial charge in [0.05, 0.1) is 6.61 Å². The molecule has 0 aromatic carbocycles. The van der Waals surface area contributed by atoms with Crippen molar-refractivity contribution in [3.05, 3.63) is 21.9 Å². The molecule has 0 bridgehead atoms. The molecule has 0 saturated carbocycles. The number of rotatable bonds is 5.